The van der Waals surface area contributed by atoms with E-state index in [-0.39, 0.29) is 11.6 Å². The highest BCUT2D eigenvalue weighted by atomic mass is 32.1. The van der Waals surface area contributed by atoms with Crippen LogP contribution in [-0.2, 0) is 6.54 Å². The van der Waals surface area contributed by atoms with E-state index in [1.807, 2.05) is 0 Å². The second-order valence-corrected chi connectivity index (χ2v) is 6.59. The van der Waals surface area contributed by atoms with Crippen molar-refractivity contribution in [2.75, 3.05) is 0 Å². The molecule has 0 bridgehead atoms. The molecule has 4 heteroatoms. The Kier molecular flexibility index (Phi) is 3.31. The predicted molar refractivity (Wildman–Crippen MR) is 75.7 cm³/mol. The highest BCUT2D eigenvalue weighted by Crippen LogP contribution is 2.49. The Hall–Kier alpha value is -1.00. The van der Waals surface area contributed by atoms with E-state index >= 15 is 0 Å². The van der Waals surface area contributed by atoms with Crippen LogP contribution in [0.15, 0.2) is 12.1 Å². The van der Waals surface area contributed by atoms with Crippen molar-refractivity contribution < 1.29 is 8.78 Å². The molecule has 0 unspecified atom stereocenters. The van der Waals surface area contributed by atoms with Gasteiger partial charge in [-0.3, -0.25) is 0 Å². The van der Waals surface area contributed by atoms with Gasteiger partial charge in [0.15, 0.2) is 0 Å². The van der Waals surface area contributed by atoms with Crippen LogP contribution in [0.25, 0.3) is 10.1 Å². The van der Waals surface area contributed by atoms with Crippen molar-refractivity contribution in [2.45, 2.75) is 45.2 Å². The second kappa shape index (κ2) is 4.84. The molecule has 1 nitrogen and oxygen atoms in total. The van der Waals surface area contributed by atoms with Crippen molar-refractivity contribution in [3.05, 3.63) is 34.2 Å². The molecule has 1 aromatic carbocycles. The Bertz CT molecular complexity index is 614. The standard InChI is InChI=1S/C15H17F2NS/c1-8(2)18-7-12-13(9-3-4-9)14-10(16)5-6-11(17)15(14)19-12/h5-6,8-9,18H,3-4,7H2,1-2H3. The van der Waals surface area contributed by atoms with Gasteiger partial charge in [0.05, 0.1) is 4.70 Å². The Labute approximate surface area is 115 Å². The van der Waals surface area contributed by atoms with E-state index in [1.54, 1.807) is 0 Å². The van der Waals surface area contributed by atoms with Gasteiger partial charge in [-0.1, -0.05) is 13.8 Å². The topological polar surface area (TPSA) is 12.0 Å². The maximum Gasteiger partial charge on any atom is 0.141 e. The molecule has 1 aliphatic carbocycles. The molecule has 0 saturated heterocycles. The first-order chi connectivity index (χ1) is 9.08. The Morgan fingerprint density at radius 2 is 1.95 bits per heavy atom. The van der Waals surface area contributed by atoms with E-state index in [0.29, 0.717) is 28.6 Å². The summed E-state index contributed by atoms with van der Waals surface area (Å²) >= 11 is 1.40. The van der Waals surface area contributed by atoms with Crippen molar-refractivity contribution in [2.24, 2.45) is 0 Å². The van der Waals surface area contributed by atoms with Crippen LogP contribution in [0.3, 0.4) is 0 Å². The minimum atomic E-state index is -0.306. The number of fused-ring (bicyclic) bond motifs is 1. The number of thiophene rings is 1. The van der Waals surface area contributed by atoms with E-state index in [9.17, 15) is 8.78 Å². The zero-order valence-electron chi connectivity index (χ0n) is 11.1. The lowest BCUT2D eigenvalue weighted by atomic mass is 10.1. The van der Waals surface area contributed by atoms with Crippen LogP contribution in [0.4, 0.5) is 8.78 Å². The van der Waals surface area contributed by atoms with Gasteiger partial charge in [0.2, 0.25) is 0 Å². The first kappa shape index (κ1) is 13.0. The average Bonchev–Trinajstić information content (AvgIpc) is 3.12. The van der Waals surface area contributed by atoms with Gasteiger partial charge in [0.25, 0.3) is 0 Å². The Morgan fingerprint density at radius 1 is 1.26 bits per heavy atom. The van der Waals surface area contributed by atoms with Crippen LogP contribution in [0.5, 0.6) is 0 Å². The molecule has 19 heavy (non-hydrogen) atoms. The highest BCUT2D eigenvalue weighted by Gasteiger charge is 2.31. The minimum absolute atomic E-state index is 0.287. The molecule has 2 aromatic rings. The number of hydrogen-bond donors (Lipinski definition) is 1. The molecule has 102 valence electrons. The summed E-state index contributed by atoms with van der Waals surface area (Å²) in [5.41, 5.74) is 1.05. The van der Waals surface area contributed by atoms with Gasteiger partial charge in [-0.25, -0.2) is 8.78 Å². The van der Waals surface area contributed by atoms with Crippen LogP contribution in [0, 0.1) is 11.6 Å². The molecule has 1 N–H and O–H groups in total. The van der Waals surface area contributed by atoms with E-state index < -0.39 is 0 Å². The molecule has 0 radical (unpaired) electrons. The molecule has 0 spiro atoms. The van der Waals surface area contributed by atoms with Crippen molar-refractivity contribution >= 4 is 21.4 Å². The molecular formula is C15H17F2NS. The third kappa shape index (κ3) is 2.39. The fourth-order valence-corrected chi connectivity index (χ4v) is 3.69. The van der Waals surface area contributed by atoms with Crippen LogP contribution in [0.2, 0.25) is 0 Å². The van der Waals surface area contributed by atoms with Gasteiger partial charge in [-0.15, -0.1) is 11.3 Å². The van der Waals surface area contributed by atoms with Crippen LogP contribution >= 0.6 is 11.3 Å². The fraction of sp³-hybridized carbons (Fsp3) is 0.467. The van der Waals surface area contributed by atoms with Crippen molar-refractivity contribution in [3.63, 3.8) is 0 Å². The lowest BCUT2D eigenvalue weighted by Crippen LogP contribution is -2.21. The van der Waals surface area contributed by atoms with E-state index in [4.69, 9.17) is 0 Å². The Morgan fingerprint density at radius 3 is 2.58 bits per heavy atom. The summed E-state index contributed by atoms with van der Waals surface area (Å²) in [6, 6.07) is 2.84. The van der Waals surface area contributed by atoms with Gasteiger partial charge < -0.3 is 5.32 Å². The Balaban J connectivity index is 2.13. The molecule has 1 heterocycles. The van der Waals surface area contributed by atoms with Gasteiger partial charge in [-0.05, 0) is 36.5 Å². The molecule has 0 atom stereocenters. The highest BCUT2D eigenvalue weighted by molar-refractivity contribution is 7.19. The molecule has 1 saturated carbocycles. The molecule has 1 aliphatic rings. The monoisotopic (exact) mass is 281 g/mol. The number of halogens is 2. The number of benzene rings is 1. The van der Waals surface area contributed by atoms with Crippen LogP contribution in [-0.4, -0.2) is 6.04 Å². The first-order valence-corrected chi connectivity index (χ1v) is 7.52. The summed E-state index contributed by atoms with van der Waals surface area (Å²) in [5, 5.41) is 3.87. The maximum atomic E-state index is 14.0. The van der Waals surface area contributed by atoms with Crippen LogP contribution in [0.1, 0.15) is 43.0 Å². The summed E-state index contributed by atoms with van der Waals surface area (Å²) in [6.07, 6.45) is 2.19. The fourth-order valence-electron chi connectivity index (χ4n) is 2.43. The summed E-state index contributed by atoms with van der Waals surface area (Å²) < 4.78 is 28.4. The summed E-state index contributed by atoms with van der Waals surface area (Å²) in [4.78, 5) is 1.09. The minimum Gasteiger partial charge on any atom is -0.310 e. The normalized spacial score (nSPS) is 15.6. The van der Waals surface area contributed by atoms with Crippen molar-refractivity contribution in [3.8, 4) is 0 Å². The average molecular weight is 281 g/mol. The molecular weight excluding hydrogens is 264 g/mol. The quantitative estimate of drug-likeness (QED) is 0.866. The lowest BCUT2D eigenvalue weighted by molar-refractivity contribution is 0.591. The van der Waals surface area contributed by atoms with Crippen molar-refractivity contribution in [1.82, 2.24) is 5.32 Å². The first-order valence-electron chi connectivity index (χ1n) is 6.70. The zero-order valence-corrected chi connectivity index (χ0v) is 11.9. The SMILES string of the molecule is CC(C)NCc1sc2c(F)ccc(F)c2c1C1CC1. The van der Waals surface area contributed by atoms with E-state index in [1.165, 1.54) is 23.5 Å². The summed E-state index contributed by atoms with van der Waals surface area (Å²) in [7, 11) is 0. The largest absolute Gasteiger partial charge is 0.310 e. The number of hydrogen-bond acceptors (Lipinski definition) is 2. The van der Waals surface area contributed by atoms with E-state index in [2.05, 4.69) is 19.2 Å². The molecule has 0 aliphatic heterocycles. The van der Waals surface area contributed by atoms with Crippen LogP contribution < -0.4 is 5.32 Å². The molecule has 0 amide bonds. The van der Waals surface area contributed by atoms with Gasteiger partial charge in [0.1, 0.15) is 11.6 Å². The van der Waals surface area contributed by atoms with Gasteiger partial charge in [0, 0.05) is 22.8 Å². The van der Waals surface area contributed by atoms with Gasteiger partial charge in [-0.2, -0.15) is 0 Å². The third-order valence-electron chi connectivity index (χ3n) is 3.51. The lowest BCUT2D eigenvalue weighted by Gasteiger charge is -2.08. The van der Waals surface area contributed by atoms with E-state index in [0.717, 1.165) is 23.3 Å². The summed E-state index contributed by atoms with van der Waals surface area (Å²) in [6.45, 7) is 4.85. The number of rotatable bonds is 4. The van der Waals surface area contributed by atoms with Crippen molar-refractivity contribution in [1.29, 1.82) is 0 Å². The predicted octanol–water partition coefficient (Wildman–Crippen LogP) is 4.55. The zero-order chi connectivity index (χ0) is 13.6. The molecule has 1 aromatic heterocycles. The maximum absolute atomic E-state index is 14.0. The third-order valence-corrected chi connectivity index (χ3v) is 4.72. The number of nitrogens with one attached hydrogen (secondary N) is 1. The summed E-state index contributed by atoms with van der Waals surface area (Å²) in [5.74, 6) is -0.168. The molecule has 1 fully saturated rings. The molecule has 3 rings (SSSR count). The smallest absolute Gasteiger partial charge is 0.141 e. The van der Waals surface area contributed by atoms with Gasteiger partial charge >= 0.3 is 0 Å². The second-order valence-electron chi connectivity index (χ2n) is 5.48.